The van der Waals surface area contributed by atoms with Crippen molar-refractivity contribution in [2.45, 2.75) is 23.8 Å². The van der Waals surface area contributed by atoms with E-state index in [2.05, 4.69) is 29.2 Å². The van der Waals surface area contributed by atoms with Crippen LogP contribution in [0, 0.1) is 0 Å². The molecule has 1 unspecified atom stereocenters. The molecule has 0 spiro atoms. The number of aromatic nitrogens is 2. The third-order valence-corrected chi connectivity index (χ3v) is 4.99. The molecule has 2 aliphatic rings. The van der Waals surface area contributed by atoms with E-state index < -0.39 is 0 Å². The van der Waals surface area contributed by atoms with Crippen molar-refractivity contribution in [3.63, 3.8) is 0 Å². The fourth-order valence-corrected chi connectivity index (χ4v) is 4.06. The average molecular weight is 275 g/mol. The zero-order valence-electron chi connectivity index (χ0n) is 9.69. The molecule has 18 heavy (non-hydrogen) atoms. The Balaban J connectivity index is 1.78. The first kappa shape index (κ1) is 10.8. The summed E-state index contributed by atoms with van der Waals surface area (Å²) < 4.78 is 0. The van der Waals surface area contributed by atoms with Crippen molar-refractivity contribution in [1.29, 1.82) is 0 Å². The zero-order valence-corrected chi connectivity index (χ0v) is 11.3. The molecular weight excluding hydrogens is 264 g/mol. The molecular formula is C14H11ClN2S. The molecule has 1 aromatic carbocycles. The summed E-state index contributed by atoms with van der Waals surface area (Å²) in [6, 6.07) is 8.51. The van der Waals surface area contributed by atoms with Crippen molar-refractivity contribution < 1.29 is 0 Å². The van der Waals surface area contributed by atoms with Gasteiger partial charge in [0.05, 0.1) is 5.69 Å². The molecule has 0 radical (unpaired) electrons. The fourth-order valence-electron chi connectivity index (χ4n) is 2.67. The summed E-state index contributed by atoms with van der Waals surface area (Å²) in [7, 11) is 0. The second-order valence-electron chi connectivity index (χ2n) is 4.75. The Bertz CT molecular complexity index is 642. The highest BCUT2D eigenvalue weighted by Crippen LogP contribution is 2.40. The van der Waals surface area contributed by atoms with Gasteiger partial charge in [-0.2, -0.15) is 11.8 Å². The molecule has 4 rings (SSSR count). The maximum absolute atomic E-state index is 6.26. The molecule has 2 aromatic rings. The summed E-state index contributed by atoms with van der Waals surface area (Å²) in [6.07, 6.45) is 1.04. The average Bonchev–Trinajstić information content (AvgIpc) is 2.79. The van der Waals surface area contributed by atoms with Crippen LogP contribution in [0.3, 0.4) is 0 Å². The Morgan fingerprint density at radius 2 is 2.06 bits per heavy atom. The van der Waals surface area contributed by atoms with E-state index in [9.17, 15) is 0 Å². The van der Waals surface area contributed by atoms with E-state index in [4.69, 9.17) is 16.6 Å². The van der Waals surface area contributed by atoms with Gasteiger partial charge in [-0.1, -0.05) is 35.9 Å². The van der Waals surface area contributed by atoms with Gasteiger partial charge in [0.15, 0.2) is 0 Å². The first-order valence-electron chi connectivity index (χ1n) is 6.03. The molecule has 0 amide bonds. The molecule has 0 saturated heterocycles. The molecule has 2 heterocycles. The van der Waals surface area contributed by atoms with E-state index >= 15 is 0 Å². The van der Waals surface area contributed by atoms with Crippen molar-refractivity contribution in [2.24, 2.45) is 0 Å². The lowest BCUT2D eigenvalue weighted by Gasteiger charge is -2.29. The Morgan fingerprint density at radius 3 is 2.94 bits per heavy atom. The molecule has 1 atom stereocenters. The van der Waals surface area contributed by atoms with Crippen LogP contribution in [0.1, 0.15) is 34.1 Å². The Morgan fingerprint density at radius 1 is 1.17 bits per heavy atom. The van der Waals surface area contributed by atoms with E-state index in [-0.39, 0.29) is 0 Å². The monoisotopic (exact) mass is 274 g/mol. The lowest BCUT2D eigenvalue weighted by molar-refractivity contribution is 0.655. The minimum Gasteiger partial charge on any atom is -0.236 e. The molecule has 4 heteroatoms. The zero-order chi connectivity index (χ0) is 12.1. The molecule has 1 aromatic heterocycles. The smallest absolute Gasteiger partial charge is 0.138 e. The van der Waals surface area contributed by atoms with Crippen molar-refractivity contribution >= 4 is 23.4 Å². The first-order chi connectivity index (χ1) is 8.83. The number of benzene rings is 1. The van der Waals surface area contributed by atoms with Gasteiger partial charge >= 0.3 is 0 Å². The Labute approximate surface area is 115 Å². The van der Waals surface area contributed by atoms with Gasteiger partial charge in [0.25, 0.3) is 0 Å². The fraction of sp³-hybridized carbons (Fsp3) is 0.286. The van der Waals surface area contributed by atoms with Gasteiger partial charge in [-0.05, 0) is 17.5 Å². The SMILES string of the molecule is Clc1nc(C2Cc3ccccc32)nc2c1CSC2. The van der Waals surface area contributed by atoms with Crippen LogP contribution in [0.25, 0.3) is 0 Å². The lowest BCUT2D eigenvalue weighted by atomic mass is 9.77. The highest BCUT2D eigenvalue weighted by molar-refractivity contribution is 7.98. The van der Waals surface area contributed by atoms with Crippen LogP contribution >= 0.6 is 23.4 Å². The van der Waals surface area contributed by atoms with Crippen LogP contribution in [-0.4, -0.2) is 9.97 Å². The number of fused-ring (bicyclic) bond motifs is 2. The normalized spacial score (nSPS) is 20.2. The molecule has 0 bridgehead atoms. The predicted molar refractivity (Wildman–Crippen MR) is 74.0 cm³/mol. The van der Waals surface area contributed by atoms with Crippen LogP contribution in [0.5, 0.6) is 0 Å². The third-order valence-electron chi connectivity index (χ3n) is 3.71. The van der Waals surface area contributed by atoms with E-state index in [1.165, 1.54) is 11.1 Å². The molecule has 2 nitrogen and oxygen atoms in total. The topological polar surface area (TPSA) is 25.8 Å². The van der Waals surface area contributed by atoms with Crippen molar-refractivity contribution in [2.75, 3.05) is 0 Å². The van der Waals surface area contributed by atoms with Gasteiger partial charge in [-0.3, -0.25) is 0 Å². The quantitative estimate of drug-likeness (QED) is 0.744. The Hall–Kier alpha value is -1.06. The minimum atomic E-state index is 0.342. The van der Waals surface area contributed by atoms with Gasteiger partial charge in [-0.15, -0.1) is 0 Å². The van der Waals surface area contributed by atoms with Gasteiger partial charge in [0.2, 0.25) is 0 Å². The number of hydrogen-bond donors (Lipinski definition) is 0. The Kier molecular flexibility index (Phi) is 2.39. The minimum absolute atomic E-state index is 0.342. The number of rotatable bonds is 1. The van der Waals surface area contributed by atoms with Crippen LogP contribution in [0.2, 0.25) is 5.15 Å². The largest absolute Gasteiger partial charge is 0.236 e. The molecule has 1 aliphatic heterocycles. The van der Waals surface area contributed by atoms with Crippen LogP contribution in [0.4, 0.5) is 0 Å². The summed E-state index contributed by atoms with van der Waals surface area (Å²) in [5.41, 5.74) is 5.05. The number of nitrogens with zero attached hydrogens (tertiary/aromatic N) is 2. The number of halogens is 1. The lowest BCUT2D eigenvalue weighted by Crippen LogP contribution is -2.21. The molecule has 0 saturated carbocycles. The van der Waals surface area contributed by atoms with Crippen molar-refractivity contribution in [3.05, 3.63) is 57.6 Å². The van der Waals surface area contributed by atoms with E-state index in [1.807, 2.05) is 11.8 Å². The third kappa shape index (κ3) is 1.50. The first-order valence-corrected chi connectivity index (χ1v) is 7.57. The summed E-state index contributed by atoms with van der Waals surface area (Å²) in [5, 5.41) is 0.657. The van der Waals surface area contributed by atoms with Crippen molar-refractivity contribution in [1.82, 2.24) is 9.97 Å². The van der Waals surface area contributed by atoms with Gasteiger partial charge < -0.3 is 0 Å². The maximum atomic E-state index is 6.26. The number of thioether (sulfide) groups is 1. The van der Waals surface area contributed by atoms with Gasteiger partial charge in [0, 0.05) is 23.0 Å². The summed E-state index contributed by atoms with van der Waals surface area (Å²) in [4.78, 5) is 9.23. The second kappa shape index (κ2) is 3.97. The second-order valence-corrected chi connectivity index (χ2v) is 6.09. The van der Waals surface area contributed by atoms with Crippen LogP contribution in [0.15, 0.2) is 24.3 Å². The highest BCUT2D eigenvalue weighted by atomic mass is 35.5. The summed E-state index contributed by atoms with van der Waals surface area (Å²) in [6.45, 7) is 0. The molecule has 0 N–H and O–H groups in total. The summed E-state index contributed by atoms with van der Waals surface area (Å²) in [5.74, 6) is 3.17. The highest BCUT2D eigenvalue weighted by Gasteiger charge is 2.31. The van der Waals surface area contributed by atoms with Crippen LogP contribution in [-0.2, 0) is 17.9 Å². The predicted octanol–water partition coefficient (Wildman–Crippen LogP) is 3.56. The molecule has 0 fully saturated rings. The van der Waals surface area contributed by atoms with E-state index in [0.29, 0.717) is 11.1 Å². The van der Waals surface area contributed by atoms with Crippen LogP contribution < -0.4 is 0 Å². The van der Waals surface area contributed by atoms with Gasteiger partial charge in [-0.25, -0.2) is 9.97 Å². The van der Waals surface area contributed by atoms with Crippen molar-refractivity contribution in [3.8, 4) is 0 Å². The molecule has 1 aliphatic carbocycles. The molecule has 90 valence electrons. The van der Waals surface area contributed by atoms with Gasteiger partial charge in [0.1, 0.15) is 11.0 Å². The van der Waals surface area contributed by atoms with E-state index in [0.717, 1.165) is 35.0 Å². The maximum Gasteiger partial charge on any atom is 0.138 e. The standard InChI is InChI=1S/C14H11ClN2S/c15-13-11-6-18-7-12(11)16-14(17-13)10-5-8-3-1-2-4-9(8)10/h1-4,10H,5-7H2. The summed E-state index contributed by atoms with van der Waals surface area (Å²) >= 11 is 8.12. The van der Waals surface area contributed by atoms with E-state index in [1.54, 1.807) is 0 Å². The number of hydrogen-bond acceptors (Lipinski definition) is 3.